The molecule has 122 valence electrons. The van der Waals surface area contributed by atoms with Gasteiger partial charge in [-0.1, -0.05) is 32.4 Å². The van der Waals surface area contributed by atoms with Crippen LogP contribution in [0.15, 0.2) is 36.9 Å². The van der Waals surface area contributed by atoms with Crippen LogP contribution in [0.1, 0.15) is 37.6 Å². The van der Waals surface area contributed by atoms with E-state index in [1.807, 2.05) is 0 Å². The minimum atomic E-state index is -2.09. The van der Waals surface area contributed by atoms with Gasteiger partial charge in [-0.3, -0.25) is 9.59 Å². The van der Waals surface area contributed by atoms with E-state index < -0.39 is 29.1 Å². The average Bonchev–Trinajstić information content (AvgIpc) is 3.00. The lowest BCUT2D eigenvalue weighted by molar-refractivity contribution is -0.158. The van der Waals surface area contributed by atoms with Crippen molar-refractivity contribution in [2.24, 2.45) is 5.41 Å². The maximum atomic E-state index is 12.7. The smallest absolute Gasteiger partial charge is 0.227 e. The van der Waals surface area contributed by atoms with Gasteiger partial charge in [0.25, 0.3) is 0 Å². The van der Waals surface area contributed by atoms with Crippen molar-refractivity contribution in [1.82, 2.24) is 14.8 Å². The van der Waals surface area contributed by atoms with Crippen molar-refractivity contribution < 1.29 is 14.7 Å². The predicted octanol–water partition coefficient (Wildman–Crippen LogP) is 2.46. The van der Waals surface area contributed by atoms with E-state index in [9.17, 15) is 14.7 Å². The van der Waals surface area contributed by atoms with Crippen molar-refractivity contribution >= 4 is 23.2 Å². The summed E-state index contributed by atoms with van der Waals surface area (Å²) in [5.74, 6) is -0.907. The summed E-state index contributed by atoms with van der Waals surface area (Å²) in [7, 11) is 0. The number of nitrogens with zero attached hydrogens (tertiary/aromatic N) is 3. The second-order valence-corrected chi connectivity index (χ2v) is 6.78. The Morgan fingerprint density at radius 1 is 1.22 bits per heavy atom. The van der Waals surface area contributed by atoms with Crippen LogP contribution in [0, 0.1) is 5.41 Å². The van der Waals surface area contributed by atoms with Gasteiger partial charge >= 0.3 is 0 Å². The second-order valence-electron chi connectivity index (χ2n) is 6.34. The molecule has 0 fully saturated rings. The van der Waals surface area contributed by atoms with Gasteiger partial charge in [-0.25, -0.2) is 9.67 Å². The summed E-state index contributed by atoms with van der Waals surface area (Å²) < 4.78 is 1.02. The van der Waals surface area contributed by atoms with Crippen molar-refractivity contribution in [1.29, 1.82) is 0 Å². The maximum absolute atomic E-state index is 12.7. The van der Waals surface area contributed by atoms with E-state index in [4.69, 9.17) is 11.6 Å². The summed E-state index contributed by atoms with van der Waals surface area (Å²) in [5, 5.41) is 15.3. The third kappa shape index (κ3) is 3.65. The molecule has 23 heavy (non-hydrogen) atoms. The van der Waals surface area contributed by atoms with Crippen molar-refractivity contribution in [2.75, 3.05) is 0 Å². The van der Waals surface area contributed by atoms with E-state index in [2.05, 4.69) is 10.1 Å². The van der Waals surface area contributed by atoms with E-state index in [1.54, 1.807) is 45.0 Å². The van der Waals surface area contributed by atoms with Crippen molar-refractivity contribution in [3.8, 4) is 0 Å². The van der Waals surface area contributed by atoms with Gasteiger partial charge in [0.1, 0.15) is 12.7 Å². The Bertz CT molecular complexity index is 705. The molecular formula is C16H18ClN3O3. The minimum Gasteiger partial charge on any atom is -0.363 e. The van der Waals surface area contributed by atoms with E-state index in [0.717, 1.165) is 4.68 Å². The highest BCUT2D eigenvalue weighted by atomic mass is 35.5. The molecule has 0 saturated heterocycles. The van der Waals surface area contributed by atoms with Crippen LogP contribution in [0.25, 0.3) is 0 Å². The van der Waals surface area contributed by atoms with Crippen LogP contribution in [0.3, 0.4) is 0 Å². The molecule has 6 nitrogen and oxygen atoms in total. The van der Waals surface area contributed by atoms with E-state index in [1.165, 1.54) is 12.7 Å². The van der Waals surface area contributed by atoms with Crippen LogP contribution >= 0.6 is 11.6 Å². The van der Waals surface area contributed by atoms with E-state index in [-0.39, 0.29) is 0 Å². The summed E-state index contributed by atoms with van der Waals surface area (Å²) >= 11 is 5.80. The molecule has 1 aromatic carbocycles. The first-order valence-corrected chi connectivity index (χ1v) is 7.43. The van der Waals surface area contributed by atoms with Gasteiger partial charge in [-0.2, -0.15) is 5.10 Å². The second kappa shape index (κ2) is 6.22. The van der Waals surface area contributed by atoms with Gasteiger partial charge in [0.2, 0.25) is 5.72 Å². The molecule has 0 aliphatic carbocycles. The largest absolute Gasteiger partial charge is 0.363 e. The van der Waals surface area contributed by atoms with Gasteiger partial charge in [0.05, 0.1) is 6.42 Å². The fraction of sp³-hybridized carbons (Fsp3) is 0.375. The van der Waals surface area contributed by atoms with Crippen molar-refractivity contribution in [2.45, 2.75) is 32.9 Å². The Morgan fingerprint density at radius 3 is 2.30 bits per heavy atom. The maximum Gasteiger partial charge on any atom is 0.227 e. The lowest BCUT2D eigenvalue weighted by atomic mass is 9.82. The highest BCUT2D eigenvalue weighted by Gasteiger charge is 2.46. The highest BCUT2D eigenvalue weighted by Crippen LogP contribution is 2.30. The molecule has 1 atom stereocenters. The molecular weight excluding hydrogens is 318 g/mol. The normalized spacial score (nSPS) is 14.3. The first-order chi connectivity index (χ1) is 10.6. The number of hydrogen-bond acceptors (Lipinski definition) is 5. The van der Waals surface area contributed by atoms with Gasteiger partial charge in [0, 0.05) is 16.0 Å². The number of Topliss-reactive ketones (excluding diaryl/α,β-unsaturated/α-hetero) is 2. The van der Waals surface area contributed by atoms with Crippen LogP contribution in [-0.2, 0) is 10.5 Å². The average molecular weight is 336 g/mol. The summed E-state index contributed by atoms with van der Waals surface area (Å²) in [6.07, 6.45) is 1.99. The molecule has 1 N–H and O–H groups in total. The lowest BCUT2D eigenvalue weighted by Crippen LogP contribution is -2.49. The molecule has 1 unspecified atom stereocenters. The molecule has 1 heterocycles. The Hall–Kier alpha value is -2.05. The van der Waals surface area contributed by atoms with E-state index >= 15 is 0 Å². The third-order valence-corrected chi connectivity index (χ3v) is 3.67. The fourth-order valence-electron chi connectivity index (χ4n) is 2.23. The van der Waals surface area contributed by atoms with Gasteiger partial charge < -0.3 is 5.11 Å². The van der Waals surface area contributed by atoms with Crippen molar-refractivity contribution in [3.63, 3.8) is 0 Å². The Labute approximate surface area is 139 Å². The first-order valence-electron chi connectivity index (χ1n) is 7.06. The summed E-state index contributed by atoms with van der Waals surface area (Å²) in [6, 6.07) is 6.26. The summed E-state index contributed by atoms with van der Waals surface area (Å²) in [5.41, 5.74) is -2.60. The number of carbonyl (C=O) groups is 2. The van der Waals surface area contributed by atoms with Crippen LogP contribution in [0.5, 0.6) is 0 Å². The molecule has 2 aromatic rings. The predicted molar refractivity (Wildman–Crippen MR) is 85.1 cm³/mol. The van der Waals surface area contributed by atoms with Crippen LogP contribution in [-0.4, -0.2) is 31.4 Å². The minimum absolute atomic E-state index is 0.356. The third-order valence-electron chi connectivity index (χ3n) is 3.42. The number of ketones is 2. The monoisotopic (exact) mass is 335 g/mol. The lowest BCUT2D eigenvalue weighted by Gasteiger charge is -2.32. The summed E-state index contributed by atoms with van der Waals surface area (Å²) in [4.78, 5) is 28.9. The topological polar surface area (TPSA) is 85.1 Å². The molecule has 0 spiro atoms. The molecule has 1 aromatic heterocycles. The van der Waals surface area contributed by atoms with Crippen LogP contribution in [0.4, 0.5) is 0 Å². The molecule has 0 aliphatic heterocycles. The molecule has 0 amide bonds. The number of aliphatic hydroxyl groups is 1. The molecule has 0 bridgehead atoms. The Balaban J connectivity index is 2.38. The number of halogens is 1. The van der Waals surface area contributed by atoms with Gasteiger partial charge in [0.15, 0.2) is 11.6 Å². The quantitative estimate of drug-likeness (QED) is 0.848. The fourth-order valence-corrected chi connectivity index (χ4v) is 2.35. The summed E-state index contributed by atoms with van der Waals surface area (Å²) in [6.45, 7) is 5.01. The Kier molecular flexibility index (Phi) is 4.68. The molecule has 0 saturated carbocycles. The number of benzene rings is 1. The first kappa shape index (κ1) is 17.3. The number of carbonyl (C=O) groups excluding carboxylic acids is 2. The molecule has 0 radical (unpaired) electrons. The standard InChI is InChI=1S/C16H18ClN3O3/c1-15(2,3)14(22)16(23,20-10-18-9-19-20)8-13(21)11-4-6-12(17)7-5-11/h4-7,9-10,23H,8H2,1-3H3. The van der Waals surface area contributed by atoms with Crippen LogP contribution < -0.4 is 0 Å². The van der Waals surface area contributed by atoms with Gasteiger partial charge in [-0.05, 0) is 24.3 Å². The molecule has 2 rings (SSSR count). The SMILES string of the molecule is CC(C)(C)C(=O)C(O)(CC(=O)c1ccc(Cl)cc1)n1cncn1. The number of rotatable bonds is 5. The number of aromatic nitrogens is 3. The molecule has 7 heteroatoms. The van der Waals surface area contributed by atoms with Crippen molar-refractivity contribution in [3.05, 3.63) is 47.5 Å². The number of hydrogen-bond donors (Lipinski definition) is 1. The zero-order chi connectivity index (χ0) is 17.3. The van der Waals surface area contributed by atoms with Crippen LogP contribution in [0.2, 0.25) is 5.02 Å². The highest BCUT2D eigenvalue weighted by molar-refractivity contribution is 6.30. The zero-order valence-electron chi connectivity index (χ0n) is 13.2. The van der Waals surface area contributed by atoms with E-state index in [0.29, 0.717) is 10.6 Å². The zero-order valence-corrected chi connectivity index (χ0v) is 13.9. The van der Waals surface area contributed by atoms with Gasteiger partial charge in [-0.15, -0.1) is 0 Å². The Morgan fingerprint density at radius 2 is 1.83 bits per heavy atom. The molecule has 0 aliphatic rings.